The maximum Gasteiger partial charge on any atom is 0.329 e. The number of benzene rings is 1. The fraction of sp³-hybridized carbons (Fsp3) is 0.467. The Morgan fingerprint density at radius 1 is 1.35 bits per heavy atom. The lowest BCUT2D eigenvalue weighted by molar-refractivity contribution is -0.148. The molecule has 3 rings (SSSR count). The van der Waals surface area contributed by atoms with Gasteiger partial charge in [-0.15, -0.1) is 0 Å². The first kappa shape index (κ1) is 13.0. The Bertz CT molecular complexity index is 543. The average molecular weight is 274 g/mol. The number of nitrogens with one attached hydrogen (secondary N) is 2. The van der Waals surface area contributed by atoms with Crippen molar-refractivity contribution in [2.45, 2.75) is 37.8 Å². The SMILES string of the molecule is CC(NC(=O)C1Cc2ccccc2N1)(C(=O)O)C1CC1. The van der Waals surface area contributed by atoms with Crippen molar-refractivity contribution in [1.29, 1.82) is 0 Å². The first-order valence-electron chi connectivity index (χ1n) is 6.90. The zero-order chi connectivity index (χ0) is 14.3. The van der Waals surface area contributed by atoms with Crippen molar-refractivity contribution in [2.75, 3.05) is 5.32 Å². The number of carboxylic acid groups (broad SMARTS) is 1. The molecular weight excluding hydrogens is 256 g/mol. The number of fused-ring (bicyclic) bond motifs is 1. The van der Waals surface area contributed by atoms with Gasteiger partial charge < -0.3 is 15.7 Å². The fourth-order valence-corrected chi connectivity index (χ4v) is 2.79. The summed E-state index contributed by atoms with van der Waals surface area (Å²) in [5.74, 6) is -1.14. The molecule has 5 nitrogen and oxygen atoms in total. The second-order valence-corrected chi connectivity index (χ2v) is 5.83. The minimum atomic E-state index is -1.15. The van der Waals surface area contributed by atoms with Crippen LogP contribution in [-0.4, -0.2) is 28.6 Å². The van der Waals surface area contributed by atoms with E-state index in [9.17, 15) is 14.7 Å². The van der Waals surface area contributed by atoms with Crippen LogP contribution in [0.25, 0.3) is 0 Å². The standard InChI is InChI=1S/C15H18N2O3/c1-15(14(19)20,10-6-7-10)17-13(18)12-8-9-4-2-3-5-11(9)16-12/h2-5,10,12,16H,6-8H2,1H3,(H,17,18)(H,19,20). The van der Waals surface area contributed by atoms with E-state index in [2.05, 4.69) is 10.6 Å². The molecule has 1 aromatic carbocycles. The molecule has 0 radical (unpaired) electrons. The van der Waals surface area contributed by atoms with E-state index < -0.39 is 11.5 Å². The molecule has 2 unspecified atom stereocenters. The molecule has 5 heteroatoms. The third-order valence-electron chi connectivity index (χ3n) is 4.31. The number of hydrogen-bond acceptors (Lipinski definition) is 3. The number of aliphatic carboxylic acids is 1. The predicted octanol–water partition coefficient (Wildman–Crippen LogP) is 1.39. The Balaban J connectivity index is 1.70. The smallest absolute Gasteiger partial charge is 0.329 e. The van der Waals surface area contributed by atoms with E-state index >= 15 is 0 Å². The van der Waals surface area contributed by atoms with E-state index in [-0.39, 0.29) is 17.9 Å². The highest BCUT2D eigenvalue weighted by Gasteiger charge is 2.49. The Morgan fingerprint density at radius 2 is 2.05 bits per heavy atom. The fourth-order valence-electron chi connectivity index (χ4n) is 2.79. The van der Waals surface area contributed by atoms with Gasteiger partial charge in [-0.1, -0.05) is 18.2 Å². The van der Waals surface area contributed by atoms with Gasteiger partial charge in [0.1, 0.15) is 11.6 Å². The minimum absolute atomic E-state index is 0.0488. The van der Waals surface area contributed by atoms with Crippen molar-refractivity contribution in [1.82, 2.24) is 5.32 Å². The average Bonchev–Trinajstić information content (AvgIpc) is 3.17. The van der Waals surface area contributed by atoms with Gasteiger partial charge in [0, 0.05) is 12.1 Å². The van der Waals surface area contributed by atoms with E-state index in [0.29, 0.717) is 6.42 Å². The molecule has 106 valence electrons. The second-order valence-electron chi connectivity index (χ2n) is 5.83. The largest absolute Gasteiger partial charge is 0.480 e. The number of hydrogen-bond donors (Lipinski definition) is 3. The van der Waals surface area contributed by atoms with E-state index in [1.54, 1.807) is 6.92 Å². The molecule has 1 aliphatic heterocycles. The molecule has 1 amide bonds. The van der Waals surface area contributed by atoms with Crippen LogP contribution in [0, 0.1) is 5.92 Å². The number of amides is 1. The molecule has 2 aliphatic rings. The molecule has 1 aromatic rings. The van der Waals surface area contributed by atoms with Crippen LogP contribution >= 0.6 is 0 Å². The molecule has 0 bridgehead atoms. The molecule has 0 saturated heterocycles. The summed E-state index contributed by atoms with van der Waals surface area (Å²) in [4.78, 5) is 23.8. The summed E-state index contributed by atoms with van der Waals surface area (Å²) in [7, 11) is 0. The van der Waals surface area contributed by atoms with Crippen molar-refractivity contribution >= 4 is 17.6 Å². The van der Waals surface area contributed by atoms with Crippen LogP contribution in [0.4, 0.5) is 5.69 Å². The van der Waals surface area contributed by atoms with E-state index in [4.69, 9.17) is 0 Å². The number of carboxylic acids is 1. The minimum Gasteiger partial charge on any atom is -0.480 e. The Labute approximate surface area is 117 Å². The highest BCUT2D eigenvalue weighted by atomic mass is 16.4. The van der Waals surface area contributed by atoms with Gasteiger partial charge in [-0.05, 0) is 37.3 Å². The highest BCUT2D eigenvalue weighted by Crippen LogP contribution is 2.40. The highest BCUT2D eigenvalue weighted by molar-refractivity contribution is 5.92. The van der Waals surface area contributed by atoms with Gasteiger partial charge in [0.2, 0.25) is 5.91 Å². The second kappa shape index (κ2) is 4.51. The van der Waals surface area contributed by atoms with E-state index in [0.717, 1.165) is 24.1 Å². The summed E-state index contributed by atoms with van der Waals surface area (Å²) in [6.45, 7) is 1.60. The van der Waals surface area contributed by atoms with Crippen LogP contribution in [0.1, 0.15) is 25.3 Å². The first-order valence-corrected chi connectivity index (χ1v) is 6.90. The van der Waals surface area contributed by atoms with Crippen molar-refractivity contribution in [3.05, 3.63) is 29.8 Å². The molecule has 0 aromatic heterocycles. The van der Waals surface area contributed by atoms with Gasteiger partial charge >= 0.3 is 5.97 Å². The Hall–Kier alpha value is -2.04. The molecule has 20 heavy (non-hydrogen) atoms. The molecule has 3 N–H and O–H groups in total. The van der Waals surface area contributed by atoms with Crippen molar-refractivity contribution < 1.29 is 14.7 Å². The number of anilines is 1. The summed E-state index contributed by atoms with van der Waals surface area (Å²) in [5.41, 5.74) is 0.903. The maximum atomic E-state index is 12.3. The van der Waals surface area contributed by atoms with Crippen molar-refractivity contribution in [2.24, 2.45) is 5.92 Å². The Morgan fingerprint density at radius 3 is 2.65 bits per heavy atom. The van der Waals surface area contributed by atoms with Crippen LogP contribution in [-0.2, 0) is 16.0 Å². The number of carbonyl (C=O) groups excluding carboxylic acids is 1. The summed E-state index contributed by atoms with van der Waals surface area (Å²) < 4.78 is 0. The first-order chi connectivity index (χ1) is 9.50. The summed E-state index contributed by atoms with van der Waals surface area (Å²) in [5, 5.41) is 15.3. The molecule has 1 saturated carbocycles. The van der Waals surface area contributed by atoms with Gasteiger partial charge in [0.05, 0.1) is 0 Å². The molecule has 1 aliphatic carbocycles. The third-order valence-corrected chi connectivity index (χ3v) is 4.31. The third kappa shape index (κ3) is 2.13. The zero-order valence-corrected chi connectivity index (χ0v) is 11.3. The van der Waals surface area contributed by atoms with Gasteiger partial charge in [0.25, 0.3) is 0 Å². The summed E-state index contributed by atoms with van der Waals surface area (Å²) >= 11 is 0. The molecular formula is C15H18N2O3. The van der Waals surface area contributed by atoms with Gasteiger partial charge in [-0.25, -0.2) is 4.79 Å². The lowest BCUT2D eigenvalue weighted by Gasteiger charge is -2.27. The number of carbonyl (C=O) groups is 2. The molecule has 1 heterocycles. The summed E-state index contributed by atoms with van der Waals surface area (Å²) in [6, 6.07) is 7.38. The van der Waals surface area contributed by atoms with Crippen LogP contribution in [0.3, 0.4) is 0 Å². The molecule has 2 atom stereocenters. The predicted molar refractivity (Wildman–Crippen MR) is 74.5 cm³/mol. The Kier molecular flexibility index (Phi) is 2.92. The molecule has 1 fully saturated rings. The number of rotatable bonds is 4. The van der Waals surface area contributed by atoms with Crippen molar-refractivity contribution in [3.63, 3.8) is 0 Å². The normalized spacial score (nSPS) is 23.4. The maximum absolute atomic E-state index is 12.3. The van der Waals surface area contributed by atoms with Crippen molar-refractivity contribution in [3.8, 4) is 0 Å². The van der Waals surface area contributed by atoms with Gasteiger partial charge in [-0.3, -0.25) is 4.79 Å². The van der Waals surface area contributed by atoms with Crippen LogP contribution in [0.15, 0.2) is 24.3 Å². The lowest BCUT2D eigenvalue weighted by atomic mass is 9.95. The van der Waals surface area contributed by atoms with Crippen LogP contribution < -0.4 is 10.6 Å². The zero-order valence-electron chi connectivity index (χ0n) is 11.3. The quantitative estimate of drug-likeness (QED) is 0.775. The lowest BCUT2D eigenvalue weighted by Crippen LogP contribution is -2.57. The van der Waals surface area contributed by atoms with Gasteiger partial charge in [-0.2, -0.15) is 0 Å². The van der Waals surface area contributed by atoms with E-state index in [1.165, 1.54) is 0 Å². The summed E-state index contributed by atoms with van der Waals surface area (Å²) in [6.07, 6.45) is 2.32. The van der Waals surface area contributed by atoms with E-state index in [1.807, 2.05) is 24.3 Å². The number of para-hydroxylation sites is 1. The molecule has 0 spiro atoms. The van der Waals surface area contributed by atoms with Gasteiger partial charge in [0.15, 0.2) is 0 Å². The van der Waals surface area contributed by atoms with Crippen LogP contribution in [0.5, 0.6) is 0 Å². The van der Waals surface area contributed by atoms with Crippen LogP contribution in [0.2, 0.25) is 0 Å². The topological polar surface area (TPSA) is 78.4 Å². The monoisotopic (exact) mass is 274 g/mol.